The second kappa shape index (κ2) is 9.90. The first-order valence-electron chi connectivity index (χ1n) is 11.5. The van der Waals surface area contributed by atoms with Gasteiger partial charge in [-0.1, -0.05) is 44.4 Å². The first kappa shape index (κ1) is 22.6. The third-order valence-corrected chi connectivity index (χ3v) is 7.60. The molecule has 2 fully saturated rings. The Morgan fingerprint density at radius 2 is 1.78 bits per heavy atom. The van der Waals surface area contributed by atoms with Crippen LogP contribution in [0.5, 0.6) is 0 Å². The van der Waals surface area contributed by atoms with Gasteiger partial charge in [0.15, 0.2) is 0 Å². The van der Waals surface area contributed by atoms with E-state index >= 15 is 0 Å². The van der Waals surface area contributed by atoms with Crippen molar-refractivity contribution in [3.63, 3.8) is 0 Å². The average Bonchev–Trinajstić information content (AvgIpc) is 3.08. The zero-order chi connectivity index (χ0) is 22.7. The average molecular weight is 451 g/mol. The van der Waals surface area contributed by atoms with E-state index in [9.17, 15) is 14.4 Å². The number of nitrogens with one attached hydrogen (secondary N) is 1. The molecule has 32 heavy (non-hydrogen) atoms. The van der Waals surface area contributed by atoms with Crippen molar-refractivity contribution in [1.82, 2.24) is 0 Å². The van der Waals surface area contributed by atoms with Gasteiger partial charge < -0.3 is 5.32 Å². The van der Waals surface area contributed by atoms with Gasteiger partial charge in [0.1, 0.15) is 0 Å². The summed E-state index contributed by atoms with van der Waals surface area (Å²) >= 11 is 1.41. The third-order valence-electron chi connectivity index (χ3n) is 6.41. The van der Waals surface area contributed by atoms with E-state index < -0.39 is 5.25 Å². The number of hydrogen-bond acceptors (Lipinski definition) is 4. The molecule has 0 aromatic heterocycles. The van der Waals surface area contributed by atoms with E-state index in [4.69, 9.17) is 0 Å². The number of para-hydroxylation sites is 1. The van der Waals surface area contributed by atoms with Gasteiger partial charge in [0.2, 0.25) is 17.7 Å². The van der Waals surface area contributed by atoms with Crippen molar-refractivity contribution in [2.45, 2.75) is 68.9 Å². The highest BCUT2D eigenvalue weighted by Gasteiger charge is 2.41. The molecule has 0 radical (unpaired) electrons. The molecule has 2 aromatic carbocycles. The highest BCUT2D eigenvalue weighted by atomic mass is 32.2. The Balaban J connectivity index is 1.42. The van der Waals surface area contributed by atoms with Crippen LogP contribution in [0.1, 0.15) is 56.6 Å². The van der Waals surface area contributed by atoms with Crippen molar-refractivity contribution in [3.8, 4) is 0 Å². The summed E-state index contributed by atoms with van der Waals surface area (Å²) in [6.07, 6.45) is 6.37. The van der Waals surface area contributed by atoms with Gasteiger partial charge in [0, 0.05) is 22.9 Å². The van der Waals surface area contributed by atoms with Crippen LogP contribution in [0.25, 0.3) is 0 Å². The summed E-state index contributed by atoms with van der Waals surface area (Å²) in [4.78, 5) is 40.7. The van der Waals surface area contributed by atoms with E-state index in [-0.39, 0.29) is 30.1 Å². The number of hydrogen-bond donors (Lipinski definition) is 1. The van der Waals surface area contributed by atoms with Crippen LogP contribution in [0, 0.1) is 12.8 Å². The van der Waals surface area contributed by atoms with Gasteiger partial charge in [-0.2, -0.15) is 0 Å². The van der Waals surface area contributed by atoms with Crippen LogP contribution >= 0.6 is 11.8 Å². The maximum absolute atomic E-state index is 13.2. The highest BCUT2D eigenvalue weighted by molar-refractivity contribution is 8.00. The molecule has 1 unspecified atom stereocenters. The number of amides is 3. The Morgan fingerprint density at radius 3 is 2.47 bits per heavy atom. The summed E-state index contributed by atoms with van der Waals surface area (Å²) in [5.74, 6) is -0.0887. The molecule has 1 heterocycles. The third kappa shape index (κ3) is 4.75. The lowest BCUT2D eigenvalue weighted by atomic mass is 9.88. The molecule has 4 rings (SSSR count). The fraction of sp³-hybridized carbons (Fsp3) is 0.423. The highest BCUT2D eigenvalue weighted by Crippen LogP contribution is 2.37. The van der Waals surface area contributed by atoms with Crippen LogP contribution < -0.4 is 10.2 Å². The lowest BCUT2D eigenvalue weighted by molar-refractivity contribution is -0.122. The normalized spacial score (nSPS) is 19.4. The van der Waals surface area contributed by atoms with Crippen molar-refractivity contribution in [3.05, 3.63) is 53.6 Å². The summed E-state index contributed by atoms with van der Waals surface area (Å²) in [5.41, 5.74) is 3.46. The van der Waals surface area contributed by atoms with Gasteiger partial charge >= 0.3 is 0 Å². The SMILES string of the molecule is CCc1cccc(C)c1N1C(=O)CC(Sc2ccc(NC(=O)C3CCCCC3)cc2)C1=O. The molecule has 1 aliphatic carbocycles. The summed E-state index contributed by atoms with van der Waals surface area (Å²) in [6.45, 7) is 3.97. The van der Waals surface area contributed by atoms with E-state index in [1.165, 1.54) is 23.1 Å². The number of nitrogens with zero attached hydrogens (tertiary/aromatic N) is 1. The monoisotopic (exact) mass is 450 g/mol. The minimum absolute atomic E-state index is 0.0993. The van der Waals surface area contributed by atoms with Gasteiger partial charge in [-0.25, -0.2) is 4.90 Å². The Hall–Kier alpha value is -2.60. The Morgan fingerprint density at radius 1 is 1.06 bits per heavy atom. The molecule has 2 aliphatic rings. The number of anilines is 2. The number of imide groups is 1. The maximum atomic E-state index is 13.2. The Labute approximate surface area is 194 Å². The van der Waals surface area contributed by atoms with Crippen molar-refractivity contribution in [2.75, 3.05) is 10.2 Å². The molecule has 1 saturated carbocycles. The standard InChI is InChI=1S/C26H30N2O3S/c1-3-18-11-7-8-17(2)24(18)28-23(29)16-22(26(28)31)32-21-14-12-20(13-15-21)27-25(30)19-9-5-4-6-10-19/h7-8,11-15,19,22H,3-6,9-10,16H2,1-2H3,(H,27,30). The molecule has 1 aliphatic heterocycles. The number of carbonyl (C=O) groups excluding carboxylic acids is 3. The molecule has 1 N–H and O–H groups in total. The van der Waals surface area contributed by atoms with Crippen LogP contribution in [-0.4, -0.2) is 23.0 Å². The number of aryl methyl sites for hydroxylation is 2. The lowest BCUT2D eigenvalue weighted by Gasteiger charge is -2.21. The largest absolute Gasteiger partial charge is 0.326 e. The molecule has 168 valence electrons. The van der Waals surface area contributed by atoms with Crippen molar-refractivity contribution < 1.29 is 14.4 Å². The molecule has 1 saturated heterocycles. The smallest absolute Gasteiger partial charge is 0.247 e. The summed E-state index contributed by atoms with van der Waals surface area (Å²) in [6, 6.07) is 13.4. The van der Waals surface area contributed by atoms with E-state index in [1.54, 1.807) is 0 Å². The summed E-state index contributed by atoms with van der Waals surface area (Å²) < 4.78 is 0. The lowest BCUT2D eigenvalue weighted by Crippen LogP contribution is -2.32. The van der Waals surface area contributed by atoms with E-state index in [0.717, 1.165) is 59.5 Å². The Kier molecular flexibility index (Phi) is 6.99. The Bertz CT molecular complexity index is 1010. The minimum atomic E-state index is -0.436. The van der Waals surface area contributed by atoms with Gasteiger partial charge in [-0.05, 0) is 61.6 Å². The fourth-order valence-electron chi connectivity index (χ4n) is 4.65. The molecule has 3 amide bonds. The van der Waals surface area contributed by atoms with Crippen LogP contribution in [0.15, 0.2) is 47.4 Å². The first-order chi connectivity index (χ1) is 15.5. The number of carbonyl (C=O) groups is 3. The minimum Gasteiger partial charge on any atom is -0.326 e. The molecule has 0 spiro atoms. The molecule has 0 bridgehead atoms. The predicted molar refractivity (Wildman–Crippen MR) is 129 cm³/mol. The van der Waals surface area contributed by atoms with E-state index in [1.807, 2.05) is 56.3 Å². The summed E-state index contributed by atoms with van der Waals surface area (Å²) in [7, 11) is 0. The van der Waals surface area contributed by atoms with Crippen molar-refractivity contribution >= 4 is 40.9 Å². The van der Waals surface area contributed by atoms with Crippen LogP contribution in [-0.2, 0) is 20.8 Å². The molecular weight excluding hydrogens is 420 g/mol. The molecule has 5 nitrogen and oxygen atoms in total. The van der Waals surface area contributed by atoms with E-state index in [2.05, 4.69) is 5.32 Å². The van der Waals surface area contributed by atoms with Gasteiger partial charge in [-0.15, -0.1) is 11.8 Å². The molecule has 6 heteroatoms. The van der Waals surface area contributed by atoms with Crippen LogP contribution in [0.2, 0.25) is 0 Å². The van der Waals surface area contributed by atoms with Gasteiger partial charge in [0.05, 0.1) is 10.9 Å². The first-order valence-corrected chi connectivity index (χ1v) is 12.4. The predicted octanol–water partition coefficient (Wildman–Crippen LogP) is 5.50. The van der Waals surface area contributed by atoms with Crippen LogP contribution in [0.4, 0.5) is 11.4 Å². The second-order valence-corrected chi connectivity index (χ2v) is 9.94. The second-order valence-electron chi connectivity index (χ2n) is 8.66. The summed E-state index contributed by atoms with van der Waals surface area (Å²) in [5, 5.41) is 2.58. The van der Waals surface area contributed by atoms with Crippen LogP contribution in [0.3, 0.4) is 0 Å². The number of benzene rings is 2. The van der Waals surface area contributed by atoms with E-state index in [0.29, 0.717) is 0 Å². The zero-order valence-electron chi connectivity index (χ0n) is 18.7. The number of rotatable bonds is 6. The van der Waals surface area contributed by atoms with Crippen molar-refractivity contribution in [2.24, 2.45) is 5.92 Å². The molecule has 1 atom stereocenters. The zero-order valence-corrected chi connectivity index (χ0v) is 19.5. The quantitative estimate of drug-likeness (QED) is 0.590. The fourth-order valence-corrected chi connectivity index (χ4v) is 5.70. The van der Waals surface area contributed by atoms with Gasteiger partial charge in [0.25, 0.3) is 0 Å². The topological polar surface area (TPSA) is 66.5 Å². The molecular formula is C26H30N2O3S. The molecule has 2 aromatic rings. The number of thioether (sulfide) groups is 1. The maximum Gasteiger partial charge on any atom is 0.247 e. The van der Waals surface area contributed by atoms with Crippen molar-refractivity contribution in [1.29, 1.82) is 0 Å². The van der Waals surface area contributed by atoms with Gasteiger partial charge in [-0.3, -0.25) is 14.4 Å².